The van der Waals surface area contributed by atoms with Crippen LogP contribution in [0.5, 0.6) is 5.75 Å². The van der Waals surface area contributed by atoms with E-state index < -0.39 is 6.36 Å². The summed E-state index contributed by atoms with van der Waals surface area (Å²) in [6, 6.07) is 9.41. The lowest BCUT2D eigenvalue weighted by Gasteiger charge is -2.28. The molecule has 2 aliphatic rings. The number of nitrogens with zero attached hydrogens (tertiary/aromatic N) is 3. The highest BCUT2D eigenvalue weighted by Crippen LogP contribution is 2.30. The fraction of sp³-hybridized carbons (Fsp3) is 0.455. The molecule has 2 fully saturated rings. The molecule has 0 unspecified atom stereocenters. The molecule has 0 saturated carbocycles. The molecule has 2 aromatic rings. The maximum absolute atomic E-state index is 13.0. The number of carbonyl (C=O) groups is 1. The Morgan fingerprint density at radius 2 is 1.73 bits per heavy atom. The number of aromatic nitrogens is 1. The van der Waals surface area contributed by atoms with Crippen LogP contribution >= 0.6 is 36.6 Å². The van der Waals surface area contributed by atoms with Crippen molar-refractivity contribution in [1.82, 2.24) is 14.8 Å². The van der Waals surface area contributed by atoms with E-state index in [0.29, 0.717) is 10.6 Å². The minimum atomic E-state index is -4.71. The maximum Gasteiger partial charge on any atom is 0.573 e. The SMILES string of the molecule is Cl.Cl.O=C(c1ccc(Sc2ccc(OC(F)(F)F)cc2)nc1)N1CCC[C@H]1CN1CCCC1. The van der Waals surface area contributed by atoms with Crippen LogP contribution < -0.4 is 4.74 Å². The second-order valence-corrected chi connectivity index (χ2v) is 8.90. The number of ether oxygens (including phenoxy) is 1. The van der Waals surface area contributed by atoms with Crippen molar-refractivity contribution in [2.75, 3.05) is 26.2 Å². The largest absolute Gasteiger partial charge is 0.573 e. The zero-order chi connectivity index (χ0) is 21.8. The minimum absolute atomic E-state index is 0. The first-order chi connectivity index (χ1) is 14.9. The van der Waals surface area contributed by atoms with Crippen molar-refractivity contribution in [3.63, 3.8) is 0 Å². The van der Waals surface area contributed by atoms with E-state index in [4.69, 9.17) is 0 Å². The van der Waals surface area contributed by atoms with Gasteiger partial charge in [0.05, 0.1) is 5.56 Å². The normalized spacial score (nSPS) is 18.5. The van der Waals surface area contributed by atoms with Crippen LogP contribution in [0, 0.1) is 0 Å². The number of hydrogen-bond donors (Lipinski definition) is 0. The lowest BCUT2D eigenvalue weighted by molar-refractivity contribution is -0.274. The number of alkyl halides is 3. The second kappa shape index (κ2) is 12.1. The Kier molecular flexibility index (Phi) is 10.1. The number of pyridine rings is 1. The molecule has 0 aliphatic carbocycles. The van der Waals surface area contributed by atoms with Gasteiger partial charge in [0.25, 0.3) is 5.91 Å². The Morgan fingerprint density at radius 1 is 1.03 bits per heavy atom. The zero-order valence-corrected chi connectivity index (χ0v) is 20.2. The molecule has 0 N–H and O–H groups in total. The predicted octanol–water partition coefficient (Wildman–Crippen LogP) is 5.68. The van der Waals surface area contributed by atoms with E-state index in [1.165, 1.54) is 36.7 Å². The van der Waals surface area contributed by atoms with Gasteiger partial charge in [0, 0.05) is 30.2 Å². The van der Waals surface area contributed by atoms with Crippen LogP contribution in [0.15, 0.2) is 52.5 Å². The molecule has 5 nitrogen and oxygen atoms in total. The Balaban J connectivity index is 0.00000193. The van der Waals surface area contributed by atoms with Gasteiger partial charge in [0.15, 0.2) is 0 Å². The Bertz CT molecular complexity index is 895. The van der Waals surface area contributed by atoms with Crippen LogP contribution in [0.3, 0.4) is 0 Å². The van der Waals surface area contributed by atoms with Gasteiger partial charge in [-0.15, -0.1) is 38.0 Å². The monoisotopic (exact) mass is 523 g/mol. The highest BCUT2D eigenvalue weighted by atomic mass is 35.5. The summed E-state index contributed by atoms with van der Waals surface area (Å²) >= 11 is 1.31. The molecular weight excluding hydrogens is 498 g/mol. The molecule has 0 spiro atoms. The van der Waals surface area contributed by atoms with Crippen molar-refractivity contribution in [3.8, 4) is 5.75 Å². The zero-order valence-electron chi connectivity index (χ0n) is 17.8. The van der Waals surface area contributed by atoms with Gasteiger partial charge in [0.2, 0.25) is 0 Å². The van der Waals surface area contributed by atoms with Gasteiger partial charge in [-0.25, -0.2) is 4.98 Å². The summed E-state index contributed by atoms with van der Waals surface area (Å²) in [5.41, 5.74) is 0.562. The van der Waals surface area contributed by atoms with Crippen molar-refractivity contribution < 1.29 is 22.7 Å². The molecule has 2 aliphatic heterocycles. The number of amides is 1. The summed E-state index contributed by atoms with van der Waals surface area (Å²) in [4.78, 5) is 22.5. The Morgan fingerprint density at radius 3 is 2.33 bits per heavy atom. The van der Waals surface area contributed by atoms with Gasteiger partial charge in [-0.3, -0.25) is 4.79 Å². The quantitative estimate of drug-likeness (QED) is 0.487. The summed E-state index contributed by atoms with van der Waals surface area (Å²) < 4.78 is 40.7. The van der Waals surface area contributed by atoms with E-state index >= 15 is 0 Å². The van der Waals surface area contributed by atoms with Crippen LogP contribution in [0.25, 0.3) is 0 Å². The standard InChI is InChI=1S/C22H24F3N3O2S.2ClH/c23-22(24,25)30-18-6-8-19(9-7-18)31-20-10-5-16(14-26-20)21(29)28-13-3-4-17(28)15-27-11-1-2-12-27;;/h5-10,14,17H,1-4,11-13,15H2;2*1H/t17-;;/m0../s1. The Hall–Kier alpha value is -1.68. The number of hydrogen-bond acceptors (Lipinski definition) is 5. The highest BCUT2D eigenvalue weighted by Gasteiger charge is 2.32. The molecule has 33 heavy (non-hydrogen) atoms. The number of rotatable bonds is 6. The van der Waals surface area contributed by atoms with Crippen molar-refractivity contribution in [1.29, 1.82) is 0 Å². The van der Waals surface area contributed by atoms with Gasteiger partial charge in [-0.2, -0.15) is 0 Å². The van der Waals surface area contributed by atoms with Crippen LogP contribution in [-0.2, 0) is 0 Å². The first kappa shape index (κ1) is 27.6. The first-order valence-corrected chi connectivity index (χ1v) is 11.2. The van der Waals surface area contributed by atoms with Crippen molar-refractivity contribution in [2.24, 2.45) is 0 Å². The lowest BCUT2D eigenvalue weighted by Crippen LogP contribution is -2.42. The summed E-state index contributed by atoms with van der Waals surface area (Å²) in [6.07, 6.45) is 1.42. The summed E-state index contributed by atoms with van der Waals surface area (Å²) in [5, 5.41) is 0.663. The molecule has 1 atom stereocenters. The number of carbonyl (C=O) groups excluding carboxylic acids is 1. The van der Waals surface area contributed by atoms with E-state index in [2.05, 4.69) is 14.6 Å². The van der Waals surface area contributed by atoms with E-state index in [1.54, 1.807) is 30.5 Å². The topological polar surface area (TPSA) is 45.7 Å². The summed E-state index contributed by atoms with van der Waals surface area (Å²) in [6.45, 7) is 3.96. The number of likely N-dealkylation sites (tertiary alicyclic amines) is 2. The maximum atomic E-state index is 13.0. The van der Waals surface area contributed by atoms with Gasteiger partial charge < -0.3 is 14.5 Å². The molecule has 4 rings (SSSR count). The van der Waals surface area contributed by atoms with E-state index in [9.17, 15) is 18.0 Å². The molecule has 1 amide bonds. The number of halogens is 5. The molecule has 0 bridgehead atoms. The third-order valence-corrected chi connectivity index (χ3v) is 6.53. The second-order valence-electron chi connectivity index (χ2n) is 7.81. The van der Waals surface area contributed by atoms with Crippen LogP contribution in [0.2, 0.25) is 0 Å². The minimum Gasteiger partial charge on any atom is -0.406 e. The van der Waals surface area contributed by atoms with Gasteiger partial charge in [0.1, 0.15) is 10.8 Å². The number of benzene rings is 1. The Labute approximate surface area is 207 Å². The highest BCUT2D eigenvalue weighted by molar-refractivity contribution is 7.99. The van der Waals surface area contributed by atoms with E-state index in [1.807, 2.05) is 4.90 Å². The summed E-state index contributed by atoms with van der Waals surface area (Å²) in [5.74, 6) is -0.251. The fourth-order valence-corrected chi connectivity index (χ4v) is 4.87. The molecule has 182 valence electrons. The predicted molar refractivity (Wildman–Crippen MR) is 126 cm³/mol. The lowest BCUT2D eigenvalue weighted by atomic mass is 10.2. The van der Waals surface area contributed by atoms with E-state index in [0.717, 1.165) is 43.9 Å². The molecule has 11 heteroatoms. The van der Waals surface area contributed by atoms with Gasteiger partial charge >= 0.3 is 6.36 Å². The molecular formula is C22H26Cl2F3N3O2S. The molecule has 0 radical (unpaired) electrons. The molecule has 1 aromatic carbocycles. The van der Waals surface area contributed by atoms with Crippen molar-refractivity contribution in [2.45, 2.75) is 48.0 Å². The fourth-order valence-electron chi connectivity index (χ4n) is 4.12. The van der Waals surface area contributed by atoms with Crippen LogP contribution in [0.1, 0.15) is 36.0 Å². The smallest absolute Gasteiger partial charge is 0.406 e. The molecule has 3 heterocycles. The summed E-state index contributed by atoms with van der Waals surface area (Å²) in [7, 11) is 0. The average molecular weight is 524 g/mol. The average Bonchev–Trinajstić information content (AvgIpc) is 3.41. The van der Waals surface area contributed by atoms with Gasteiger partial charge in [-0.05, 0) is 75.2 Å². The molecule has 1 aromatic heterocycles. The third-order valence-electron chi connectivity index (χ3n) is 5.57. The van der Waals surface area contributed by atoms with Crippen molar-refractivity contribution in [3.05, 3.63) is 48.2 Å². The van der Waals surface area contributed by atoms with Crippen LogP contribution in [-0.4, -0.2) is 59.3 Å². The first-order valence-electron chi connectivity index (χ1n) is 10.4. The van der Waals surface area contributed by atoms with Crippen LogP contribution in [0.4, 0.5) is 13.2 Å². The van der Waals surface area contributed by atoms with Gasteiger partial charge in [-0.1, -0.05) is 11.8 Å². The third kappa shape index (κ3) is 7.67. The van der Waals surface area contributed by atoms with Crippen molar-refractivity contribution >= 4 is 42.5 Å². The van der Waals surface area contributed by atoms with E-state index in [-0.39, 0.29) is 42.5 Å². The molecule has 2 saturated heterocycles.